The van der Waals surface area contributed by atoms with Crippen molar-refractivity contribution in [3.05, 3.63) is 60.2 Å². The Balaban J connectivity index is 1.77. The number of ether oxygens (including phenoxy) is 1. The molecule has 0 saturated heterocycles. The third kappa shape index (κ3) is 8.06. The van der Waals surface area contributed by atoms with Crippen LogP contribution in [-0.4, -0.2) is 31.4 Å². The fraction of sp³-hybridized carbons (Fsp3) is 0.458. The van der Waals surface area contributed by atoms with Gasteiger partial charge in [0.1, 0.15) is 0 Å². The van der Waals surface area contributed by atoms with Crippen molar-refractivity contribution in [3.63, 3.8) is 0 Å². The van der Waals surface area contributed by atoms with E-state index in [1.165, 1.54) is 0 Å². The van der Waals surface area contributed by atoms with E-state index in [2.05, 4.69) is 0 Å². The van der Waals surface area contributed by atoms with Gasteiger partial charge in [-0.05, 0) is 55.9 Å². The van der Waals surface area contributed by atoms with Gasteiger partial charge in [0.05, 0.1) is 31.0 Å². The molecule has 2 aromatic rings. The summed E-state index contributed by atoms with van der Waals surface area (Å²) >= 11 is 0. The van der Waals surface area contributed by atoms with Gasteiger partial charge in [0.15, 0.2) is 0 Å². The van der Waals surface area contributed by atoms with Crippen LogP contribution in [0.1, 0.15) is 56.8 Å². The van der Waals surface area contributed by atoms with E-state index in [9.17, 15) is 9.36 Å². The van der Waals surface area contributed by atoms with Crippen LogP contribution in [0.4, 0.5) is 0 Å². The van der Waals surface area contributed by atoms with Crippen LogP contribution in [0.3, 0.4) is 0 Å². The van der Waals surface area contributed by atoms with Gasteiger partial charge in [-0.25, -0.2) is 4.79 Å². The lowest BCUT2D eigenvalue weighted by atomic mass is 10.0. The topological polar surface area (TPSA) is 61.8 Å². The Hall–Kier alpha value is -1.94. The van der Waals surface area contributed by atoms with Crippen molar-refractivity contribution in [1.82, 2.24) is 0 Å². The number of esters is 1. The highest BCUT2D eigenvalue weighted by Gasteiger charge is 2.26. The molecule has 0 spiro atoms. The highest BCUT2D eigenvalue weighted by atomic mass is 31.2. The predicted molar refractivity (Wildman–Crippen MR) is 121 cm³/mol. The van der Waals surface area contributed by atoms with Crippen molar-refractivity contribution in [2.75, 3.05) is 19.4 Å². The summed E-state index contributed by atoms with van der Waals surface area (Å²) in [5.41, 5.74) is 2.68. The van der Waals surface area contributed by atoms with Gasteiger partial charge in [-0.15, -0.1) is 0 Å². The SMILES string of the molecule is CCCOP(=O)(CCCCOC(=O)c1ccc(-c2ccccc2)cc1)OC(C)CC. The van der Waals surface area contributed by atoms with Crippen molar-refractivity contribution in [1.29, 1.82) is 0 Å². The largest absolute Gasteiger partial charge is 0.462 e. The van der Waals surface area contributed by atoms with Crippen molar-refractivity contribution in [2.45, 2.75) is 52.6 Å². The Morgan fingerprint density at radius 1 is 0.933 bits per heavy atom. The number of rotatable bonds is 13. The first-order valence-corrected chi connectivity index (χ1v) is 12.4. The van der Waals surface area contributed by atoms with E-state index in [1.54, 1.807) is 12.1 Å². The van der Waals surface area contributed by atoms with Crippen LogP contribution < -0.4 is 0 Å². The van der Waals surface area contributed by atoms with E-state index in [1.807, 2.05) is 63.2 Å². The lowest BCUT2D eigenvalue weighted by molar-refractivity contribution is 0.0499. The maximum absolute atomic E-state index is 12.9. The maximum atomic E-state index is 12.9. The standard InChI is InChI=1S/C24H33O5P/c1-4-17-28-30(26,29-20(3)5-2)19-10-9-18-27-24(25)23-15-13-22(14-16-23)21-11-7-6-8-12-21/h6-8,11-16,20H,4-5,9-10,17-19H2,1-3H3. The predicted octanol–water partition coefficient (Wildman–Crippen LogP) is 6.73. The summed E-state index contributed by atoms with van der Waals surface area (Å²) in [6.07, 6.45) is 3.01. The molecular formula is C24H33O5P. The molecule has 0 aliphatic heterocycles. The monoisotopic (exact) mass is 432 g/mol. The molecule has 6 heteroatoms. The molecule has 0 N–H and O–H groups in total. The van der Waals surface area contributed by atoms with Gasteiger partial charge in [0.25, 0.3) is 0 Å². The summed E-state index contributed by atoms with van der Waals surface area (Å²) in [6, 6.07) is 17.4. The van der Waals surface area contributed by atoms with E-state index in [-0.39, 0.29) is 18.7 Å². The van der Waals surface area contributed by atoms with Gasteiger partial charge in [0, 0.05) is 0 Å². The molecule has 2 aromatic carbocycles. The molecule has 0 saturated carbocycles. The first-order valence-electron chi connectivity index (χ1n) is 10.7. The summed E-state index contributed by atoms with van der Waals surface area (Å²) in [7, 11) is -3.11. The van der Waals surface area contributed by atoms with Crippen LogP contribution in [-0.2, 0) is 18.3 Å². The molecule has 0 aromatic heterocycles. The molecule has 5 nitrogen and oxygen atoms in total. The van der Waals surface area contributed by atoms with Gasteiger partial charge < -0.3 is 13.8 Å². The molecule has 2 unspecified atom stereocenters. The zero-order chi connectivity index (χ0) is 21.8. The van der Waals surface area contributed by atoms with E-state index in [0.29, 0.717) is 31.2 Å². The minimum atomic E-state index is -3.11. The first kappa shape index (κ1) is 24.3. The Morgan fingerprint density at radius 3 is 2.23 bits per heavy atom. The van der Waals surface area contributed by atoms with E-state index in [4.69, 9.17) is 13.8 Å². The third-order valence-corrected chi connectivity index (χ3v) is 6.82. The van der Waals surface area contributed by atoms with Gasteiger partial charge in [-0.1, -0.05) is 56.3 Å². The summed E-state index contributed by atoms with van der Waals surface area (Å²) in [4.78, 5) is 12.3. The Kier molecular flexibility index (Phi) is 10.3. The second kappa shape index (κ2) is 12.7. The second-order valence-electron chi connectivity index (χ2n) is 7.28. The third-order valence-electron chi connectivity index (χ3n) is 4.69. The molecule has 30 heavy (non-hydrogen) atoms. The molecule has 2 rings (SSSR count). The molecule has 2 atom stereocenters. The van der Waals surface area contributed by atoms with Crippen molar-refractivity contribution >= 4 is 13.6 Å². The summed E-state index contributed by atoms with van der Waals surface area (Å²) in [6.45, 7) is 6.55. The number of benzene rings is 2. The second-order valence-corrected chi connectivity index (χ2v) is 9.42. The van der Waals surface area contributed by atoms with Crippen LogP contribution in [0, 0.1) is 0 Å². The molecule has 164 valence electrons. The molecule has 0 heterocycles. The van der Waals surface area contributed by atoms with Crippen LogP contribution >= 0.6 is 7.60 Å². The molecule has 0 fully saturated rings. The van der Waals surface area contributed by atoms with Crippen LogP contribution in [0.25, 0.3) is 11.1 Å². The summed E-state index contributed by atoms with van der Waals surface area (Å²) in [5.74, 6) is -0.351. The van der Waals surface area contributed by atoms with Crippen LogP contribution in [0.2, 0.25) is 0 Å². The fourth-order valence-corrected chi connectivity index (χ4v) is 4.88. The number of hydrogen-bond donors (Lipinski definition) is 0. The van der Waals surface area contributed by atoms with Crippen molar-refractivity contribution in [2.24, 2.45) is 0 Å². The smallest absolute Gasteiger partial charge is 0.338 e. The molecule has 0 aliphatic rings. The lowest BCUT2D eigenvalue weighted by Gasteiger charge is -2.21. The Morgan fingerprint density at radius 2 is 1.60 bits per heavy atom. The zero-order valence-corrected chi connectivity index (χ0v) is 19.1. The Labute approximate surface area is 180 Å². The number of carbonyl (C=O) groups is 1. The maximum Gasteiger partial charge on any atom is 0.338 e. The van der Waals surface area contributed by atoms with Gasteiger partial charge in [-0.2, -0.15) is 0 Å². The highest BCUT2D eigenvalue weighted by molar-refractivity contribution is 7.53. The summed E-state index contributed by atoms with van der Waals surface area (Å²) < 4.78 is 29.4. The molecule has 0 amide bonds. The van der Waals surface area contributed by atoms with Crippen molar-refractivity contribution < 1.29 is 23.1 Å². The van der Waals surface area contributed by atoms with Crippen LogP contribution in [0.5, 0.6) is 0 Å². The van der Waals surface area contributed by atoms with E-state index in [0.717, 1.165) is 24.0 Å². The number of carbonyl (C=O) groups excluding carboxylic acids is 1. The van der Waals surface area contributed by atoms with Gasteiger partial charge in [0.2, 0.25) is 0 Å². The first-order chi connectivity index (χ1) is 14.5. The quantitative estimate of drug-likeness (QED) is 0.200. The molecule has 0 bridgehead atoms. The van der Waals surface area contributed by atoms with Crippen molar-refractivity contribution in [3.8, 4) is 11.1 Å². The highest BCUT2D eigenvalue weighted by Crippen LogP contribution is 2.50. The number of unbranched alkanes of at least 4 members (excludes halogenated alkanes) is 1. The average Bonchev–Trinajstić information content (AvgIpc) is 2.78. The minimum absolute atomic E-state index is 0.107. The Bertz CT molecular complexity index is 804. The number of hydrogen-bond acceptors (Lipinski definition) is 5. The zero-order valence-electron chi connectivity index (χ0n) is 18.2. The van der Waals surface area contributed by atoms with E-state index >= 15 is 0 Å². The van der Waals surface area contributed by atoms with Gasteiger partial charge in [-0.3, -0.25) is 4.57 Å². The molecule has 0 radical (unpaired) electrons. The van der Waals surface area contributed by atoms with E-state index < -0.39 is 7.60 Å². The molecule has 0 aliphatic carbocycles. The summed E-state index contributed by atoms with van der Waals surface area (Å²) in [5, 5.41) is 0. The average molecular weight is 432 g/mol. The lowest BCUT2D eigenvalue weighted by Crippen LogP contribution is -2.10. The van der Waals surface area contributed by atoms with Crippen LogP contribution in [0.15, 0.2) is 54.6 Å². The molecular weight excluding hydrogens is 399 g/mol. The fourth-order valence-electron chi connectivity index (χ4n) is 2.81. The van der Waals surface area contributed by atoms with Gasteiger partial charge >= 0.3 is 13.6 Å². The normalized spacial score (nSPS) is 14.1. The minimum Gasteiger partial charge on any atom is -0.462 e.